The molecule has 0 aromatic heterocycles. The molecule has 0 bridgehead atoms. The number of nitro benzene ring substituents is 1. The van der Waals surface area contributed by atoms with Crippen LogP contribution < -0.4 is 9.80 Å². The number of non-ortho nitro benzene ring substituents is 1. The third-order valence-electron chi connectivity index (χ3n) is 9.88. The van der Waals surface area contributed by atoms with E-state index in [-0.39, 0.29) is 55.7 Å². The standard InChI is InChI=1S/C35H39FN4O7Si/c1-23-33(48(2,3)36)30(20-32(43)37(16-17-41)21-24-8-5-4-6-9-24)47-35(23)28-19-27(40(45)46)12-13-29(28)39(34(35)44)22-25-10-7-11-26(18-25)38-15-14-31(38)42/h4-13,18-19,23,30,33,41H,14-17,20-22H2,1-3H3/t23-,30+,33-,35+/m0/s1. The number of rotatable bonds is 11. The predicted molar refractivity (Wildman–Crippen MR) is 179 cm³/mol. The van der Waals surface area contributed by atoms with E-state index in [1.807, 2.05) is 48.5 Å². The van der Waals surface area contributed by atoms with Crippen molar-refractivity contribution in [3.8, 4) is 0 Å². The summed E-state index contributed by atoms with van der Waals surface area (Å²) in [6.07, 6.45) is -0.747. The van der Waals surface area contributed by atoms with Crippen LogP contribution in [0.5, 0.6) is 0 Å². The first kappa shape index (κ1) is 33.4. The van der Waals surface area contributed by atoms with Gasteiger partial charge in [0.2, 0.25) is 20.2 Å². The number of nitro groups is 1. The fourth-order valence-electron chi connectivity index (χ4n) is 7.62. The average Bonchev–Trinajstić information content (AvgIpc) is 3.46. The molecule has 3 aromatic rings. The topological polar surface area (TPSA) is 134 Å². The summed E-state index contributed by atoms with van der Waals surface area (Å²) in [6.45, 7) is 5.51. The number of halogens is 1. The Labute approximate surface area is 279 Å². The van der Waals surface area contributed by atoms with Crippen LogP contribution in [0.4, 0.5) is 21.2 Å². The van der Waals surface area contributed by atoms with Crippen LogP contribution in [0.3, 0.4) is 0 Å². The summed E-state index contributed by atoms with van der Waals surface area (Å²) in [5.74, 6) is -1.58. The second kappa shape index (κ2) is 12.9. The van der Waals surface area contributed by atoms with Gasteiger partial charge < -0.3 is 28.7 Å². The van der Waals surface area contributed by atoms with Crippen molar-refractivity contribution < 1.29 is 33.3 Å². The Hall–Kier alpha value is -4.46. The van der Waals surface area contributed by atoms with Crippen LogP contribution in [0.25, 0.3) is 0 Å². The molecule has 1 N–H and O–H groups in total. The molecule has 3 aliphatic rings. The van der Waals surface area contributed by atoms with Gasteiger partial charge in [0.05, 0.1) is 36.3 Å². The fraction of sp³-hybridized carbons (Fsp3) is 0.400. The van der Waals surface area contributed by atoms with E-state index in [1.165, 1.54) is 41.1 Å². The number of ether oxygens (including phenoxy) is 1. The molecule has 48 heavy (non-hydrogen) atoms. The van der Waals surface area contributed by atoms with E-state index in [2.05, 4.69) is 0 Å². The Morgan fingerprint density at radius 1 is 1.10 bits per heavy atom. The van der Waals surface area contributed by atoms with Crippen molar-refractivity contribution in [1.82, 2.24) is 4.90 Å². The molecule has 0 radical (unpaired) electrons. The lowest BCUT2D eigenvalue weighted by molar-refractivity contribution is -0.385. The maximum atomic E-state index is 16.4. The molecule has 4 atom stereocenters. The van der Waals surface area contributed by atoms with Crippen molar-refractivity contribution >= 4 is 43.2 Å². The minimum Gasteiger partial charge on any atom is -0.395 e. The third-order valence-corrected chi connectivity index (χ3v) is 12.3. The van der Waals surface area contributed by atoms with Crippen LogP contribution in [0.1, 0.15) is 36.5 Å². The largest absolute Gasteiger partial charge is 0.395 e. The zero-order chi connectivity index (χ0) is 34.4. The number of β-lactam (4-membered cyclic amide) rings is 1. The molecule has 3 aliphatic heterocycles. The minimum absolute atomic E-state index is 0.0140. The predicted octanol–water partition coefficient (Wildman–Crippen LogP) is 5.06. The molecular formula is C35H39FN4O7Si. The highest BCUT2D eigenvalue weighted by Gasteiger charge is 2.67. The molecule has 0 saturated carbocycles. The van der Waals surface area contributed by atoms with E-state index in [1.54, 1.807) is 17.9 Å². The number of aliphatic hydroxyl groups is 1. The Balaban J connectivity index is 1.37. The van der Waals surface area contributed by atoms with E-state index < -0.39 is 42.4 Å². The van der Waals surface area contributed by atoms with Crippen LogP contribution in [0, 0.1) is 16.0 Å². The van der Waals surface area contributed by atoms with Gasteiger partial charge in [-0.3, -0.25) is 24.5 Å². The van der Waals surface area contributed by atoms with Crippen LogP contribution >= 0.6 is 0 Å². The number of carbonyl (C=O) groups is 3. The molecule has 11 nitrogen and oxygen atoms in total. The average molecular weight is 675 g/mol. The summed E-state index contributed by atoms with van der Waals surface area (Å²) < 4.78 is 23.0. The highest BCUT2D eigenvalue weighted by molar-refractivity contribution is 6.72. The molecule has 3 heterocycles. The molecule has 252 valence electrons. The molecule has 2 saturated heterocycles. The van der Waals surface area contributed by atoms with Crippen LogP contribution in [0.15, 0.2) is 72.8 Å². The quantitative estimate of drug-likeness (QED) is 0.0988. The van der Waals surface area contributed by atoms with E-state index in [0.29, 0.717) is 24.3 Å². The van der Waals surface area contributed by atoms with Gasteiger partial charge in [0.25, 0.3) is 11.6 Å². The number of fused-ring (bicyclic) bond motifs is 2. The maximum Gasteiger partial charge on any atom is 0.269 e. The maximum absolute atomic E-state index is 16.4. The lowest BCUT2D eigenvalue weighted by Gasteiger charge is -2.32. The summed E-state index contributed by atoms with van der Waals surface area (Å²) in [7, 11) is -3.63. The molecule has 13 heteroatoms. The highest BCUT2D eigenvalue weighted by Crippen LogP contribution is 2.60. The number of nitrogens with zero attached hydrogens (tertiary/aromatic N) is 4. The van der Waals surface area contributed by atoms with Crippen LogP contribution in [-0.4, -0.2) is 66.9 Å². The number of hydrogen-bond donors (Lipinski definition) is 1. The Morgan fingerprint density at radius 2 is 1.83 bits per heavy atom. The van der Waals surface area contributed by atoms with Gasteiger partial charge in [-0.05, 0) is 42.4 Å². The summed E-state index contributed by atoms with van der Waals surface area (Å²) >= 11 is 0. The Morgan fingerprint density at radius 3 is 2.46 bits per heavy atom. The lowest BCUT2D eigenvalue weighted by Crippen LogP contribution is -2.45. The monoisotopic (exact) mass is 674 g/mol. The van der Waals surface area contributed by atoms with E-state index in [4.69, 9.17) is 4.74 Å². The first-order valence-electron chi connectivity index (χ1n) is 16.1. The highest BCUT2D eigenvalue weighted by atomic mass is 28.4. The molecule has 2 fully saturated rings. The first-order valence-corrected chi connectivity index (χ1v) is 19.1. The fourth-order valence-corrected chi connectivity index (χ4v) is 10.1. The molecule has 3 amide bonds. The Kier molecular flexibility index (Phi) is 8.96. The lowest BCUT2D eigenvalue weighted by atomic mass is 9.82. The molecule has 3 aromatic carbocycles. The van der Waals surface area contributed by atoms with E-state index in [9.17, 15) is 29.6 Å². The van der Waals surface area contributed by atoms with Gasteiger partial charge in [-0.1, -0.05) is 49.4 Å². The summed E-state index contributed by atoms with van der Waals surface area (Å²) in [5.41, 5.74) is 0.199. The number of anilines is 2. The summed E-state index contributed by atoms with van der Waals surface area (Å²) in [6, 6.07) is 20.8. The summed E-state index contributed by atoms with van der Waals surface area (Å²) in [4.78, 5) is 56.7. The number of hydrogen-bond acceptors (Lipinski definition) is 7. The van der Waals surface area contributed by atoms with Gasteiger partial charge in [0.1, 0.15) is 0 Å². The molecule has 6 rings (SSSR count). The molecule has 0 unspecified atom stereocenters. The molecular weight excluding hydrogens is 635 g/mol. The minimum atomic E-state index is -3.63. The van der Waals surface area contributed by atoms with Crippen LogP contribution in [-0.2, 0) is 37.8 Å². The SMILES string of the molecule is C[C@H]1[C@H]([Si](C)(C)F)[C@@H](CC(=O)N(CCO)Cc2ccccc2)O[C@]12C(=O)N(Cc1cccc(N3CCC3=O)c1)c1ccc([N+](=O)[O-])cc12. The zero-order valence-electron chi connectivity index (χ0n) is 27.2. The van der Waals surface area contributed by atoms with Gasteiger partial charge in [0, 0.05) is 60.9 Å². The second-order valence-corrected chi connectivity index (χ2v) is 17.1. The van der Waals surface area contributed by atoms with Crippen molar-refractivity contribution in [3.63, 3.8) is 0 Å². The third kappa shape index (κ3) is 5.90. The smallest absolute Gasteiger partial charge is 0.269 e. The molecule has 1 spiro atoms. The van der Waals surface area contributed by atoms with E-state index in [0.717, 1.165) is 11.1 Å². The van der Waals surface area contributed by atoms with Crippen molar-refractivity contribution in [2.75, 3.05) is 29.5 Å². The van der Waals surface area contributed by atoms with E-state index >= 15 is 4.11 Å². The summed E-state index contributed by atoms with van der Waals surface area (Å²) in [5, 5.41) is 21.7. The van der Waals surface area contributed by atoms with Crippen molar-refractivity contribution in [2.45, 2.75) is 63.2 Å². The number of benzene rings is 3. The van der Waals surface area contributed by atoms with Crippen molar-refractivity contribution in [2.24, 2.45) is 5.92 Å². The number of amides is 3. The second-order valence-electron chi connectivity index (χ2n) is 13.3. The van der Waals surface area contributed by atoms with Gasteiger partial charge in [-0.15, -0.1) is 0 Å². The van der Waals surface area contributed by atoms with Crippen molar-refractivity contribution in [1.29, 1.82) is 0 Å². The Bertz CT molecular complexity index is 1750. The van der Waals surface area contributed by atoms with Gasteiger partial charge in [-0.2, -0.15) is 0 Å². The van der Waals surface area contributed by atoms with Crippen LogP contribution in [0.2, 0.25) is 18.6 Å². The molecule has 0 aliphatic carbocycles. The zero-order valence-corrected chi connectivity index (χ0v) is 28.2. The number of carbonyl (C=O) groups excluding carboxylic acids is 3. The van der Waals surface area contributed by atoms with Gasteiger partial charge in [0.15, 0.2) is 5.60 Å². The number of aliphatic hydroxyl groups excluding tert-OH is 1. The van der Waals surface area contributed by atoms with Gasteiger partial charge >= 0.3 is 0 Å². The normalized spacial score (nSPS) is 23.4. The van der Waals surface area contributed by atoms with Crippen molar-refractivity contribution in [3.05, 3.63) is 99.6 Å². The van der Waals surface area contributed by atoms with Gasteiger partial charge in [-0.25, -0.2) is 0 Å². The first-order chi connectivity index (χ1) is 22.8.